The molecule has 5 nitrogen and oxygen atoms in total. The molecule has 23 heavy (non-hydrogen) atoms. The number of anilines is 1. The molecule has 1 aromatic carbocycles. The van der Waals surface area contributed by atoms with Crippen molar-refractivity contribution in [2.24, 2.45) is 11.8 Å². The smallest absolute Gasteiger partial charge is 0.177 e. The van der Waals surface area contributed by atoms with Crippen molar-refractivity contribution in [3.05, 3.63) is 18.2 Å². The fourth-order valence-electron chi connectivity index (χ4n) is 3.32. The largest absolute Gasteiger partial charge is 0.381 e. The Hall–Kier alpha value is -1.08. The molecule has 0 spiro atoms. The van der Waals surface area contributed by atoms with Gasteiger partial charge >= 0.3 is 0 Å². The molecule has 0 aliphatic heterocycles. The van der Waals surface area contributed by atoms with E-state index < -0.39 is 19.7 Å². The van der Waals surface area contributed by atoms with E-state index in [2.05, 4.69) is 19.2 Å². The molecule has 1 aliphatic carbocycles. The Morgan fingerprint density at radius 3 is 2.22 bits per heavy atom. The second-order valence-electron chi connectivity index (χ2n) is 6.79. The van der Waals surface area contributed by atoms with Gasteiger partial charge in [0.25, 0.3) is 0 Å². The van der Waals surface area contributed by atoms with E-state index in [1.165, 1.54) is 12.1 Å². The monoisotopic (exact) mass is 359 g/mol. The van der Waals surface area contributed by atoms with Crippen molar-refractivity contribution in [2.75, 3.05) is 17.8 Å². The molecule has 0 heterocycles. The Morgan fingerprint density at radius 2 is 1.70 bits per heavy atom. The van der Waals surface area contributed by atoms with Gasteiger partial charge in [0.05, 0.1) is 15.5 Å². The van der Waals surface area contributed by atoms with Gasteiger partial charge in [0, 0.05) is 18.6 Å². The summed E-state index contributed by atoms with van der Waals surface area (Å²) in [5.74, 6) is 1.02. The van der Waals surface area contributed by atoms with Gasteiger partial charge in [-0.2, -0.15) is 0 Å². The highest BCUT2D eigenvalue weighted by Gasteiger charge is 2.30. The van der Waals surface area contributed by atoms with Gasteiger partial charge in [-0.3, -0.25) is 0 Å². The van der Waals surface area contributed by atoms with Crippen molar-refractivity contribution in [1.82, 2.24) is 0 Å². The summed E-state index contributed by atoms with van der Waals surface area (Å²) in [6.45, 7) is 4.35. The van der Waals surface area contributed by atoms with Crippen molar-refractivity contribution >= 4 is 25.4 Å². The molecule has 1 N–H and O–H groups in total. The fraction of sp³-hybridized carbons (Fsp3) is 0.625. The predicted octanol–water partition coefficient (Wildman–Crippen LogP) is 2.73. The van der Waals surface area contributed by atoms with Gasteiger partial charge in [-0.15, -0.1) is 0 Å². The summed E-state index contributed by atoms with van der Waals surface area (Å²) in [5, 5.41) is 3.35. The molecule has 0 bridgehead atoms. The highest BCUT2D eigenvalue weighted by molar-refractivity contribution is 7.91. The summed E-state index contributed by atoms with van der Waals surface area (Å²) in [6.07, 6.45) is 5.43. The first kappa shape index (κ1) is 18.3. The molecule has 0 radical (unpaired) electrons. The van der Waals surface area contributed by atoms with Crippen molar-refractivity contribution in [1.29, 1.82) is 0 Å². The van der Waals surface area contributed by atoms with Crippen molar-refractivity contribution in [3.63, 3.8) is 0 Å². The summed E-state index contributed by atoms with van der Waals surface area (Å²) in [5.41, 5.74) is 0.498. The van der Waals surface area contributed by atoms with Crippen LogP contribution in [0.5, 0.6) is 0 Å². The minimum absolute atomic E-state index is 0.0234. The summed E-state index contributed by atoms with van der Waals surface area (Å²) >= 11 is 0. The van der Waals surface area contributed by atoms with E-state index in [4.69, 9.17) is 0 Å². The van der Waals surface area contributed by atoms with Crippen molar-refractivity contribution in [2.45, 2.75) is 48.9 Å². The third-order valence-corrected chi connectivity index (χ3v) is 6.79. The zero-order chi connectivity index (χ0) is 17.4. The zero-order valence-corrected chi connectivity index (χ0v) is 15.7. The Morgan fingerprint density at radius 1 is 1.04 bits per heavy atom. The van der Waals surface area contributed by atoms with E-state index in [9.17, 15) is 16.8 Å². The van der Waals surface area contributed by atoms with E-state index in [1.807, 2.05) is 0 Å². The lowest BCUT2D eigenvalue weighted by Crippen LogP contribution is -2.28. The topological polar surface area (TPSA) is 80.3 Å². The molecule has 2 atom stereocenters. The van der Waals surface area contributed by atoms with Crippen LogP contribution in [-0.4, -0.2) is 35.4 Å². The first-order chi connectivity index (χ1) is 10.5. The minimum Gasteiger partial charge on any atom is -0.381 e. The molecule has 0 amide bonds. The molecule has 0 saturated heterocycles. The van der Waals surface area contributed by atoms with Gasteiger partial charge in [0.2, 0.25) is 0 Å². The highest BCUT2D eigenvalue weighted by Crippen LogP contribution is 2.35. The van der Waals surface area contributed by atoms with Gasteiger partial charge in [0.1, 0.15) is 0 Å². The first-order valence-corrected chi connectivity index (χ1v) is 11.6. The predicted molar refractivity (Wildman–Crippen MR) is 92.3 cm³/mol. The maximum absolute atomic E-state index is 12.1. The molecular weight excluding hydrogens is 334 g/mol. The van der Waals surface area contributed by atoms with Gasteiger partial charge in [-0.1, -0.05) is 20.3 Å². The van der Waals surface area contributed by atoms with Crippen LogP contribution in [-0.2, 0) is 19.7 Å². The summed E-state index contributed by atoms with van der Waals surface area (Å²) in [7, 11) is -6.97. The molecule has 1 saturated carbocycles. The van der Waals surface area contributed by atoms with Crippen LogP contribution in [0.15, 0.2) is 28.0 Å². The van der Waals surface area contributed by atoms with Gasteiger partial charge < -0.3 is 5.32 Å². The van der Waals surface area contributed by atoms with E-state index >= 15 is 0 Å². The van der Waals surface area contributed by atoms with E-state index in [0.717, 1.165) is 31.8 Å². The average Bonchev–Trinajstić information content (AvgIpc) is 2.85. The molecule has 0 unspecified atom stereocenters. The molecule has 0 aromatic heterocycles. The molecule has 2 rings (SSSR count). The average molecular weight is 360 g/mol. The van der Waals surface area contributed by atoms with Crippen molar-refractivity contribution in [3.8, 4) is 0 Å². The number of hydrogen-bond donors (Lipinski definition) is 1. The Bertz CT molecular complexity index is 782. The van der Waals surface area contributed by atoms with Crippen LogP contribution in [0.4, 0.5) is 5.69 Å². The summed E-state index contributed by atoms with van der Waals surface area (Å²) < 4.78 is 47.6. The SMILES string of the molecule is CC(C)[C@@H]1CCC[C@H]1Nc1ccc(S(C)(=O)=O)cc1S(C)(=O)=O. The van der Waals surface area contributed by atoms with Gasteiger partial charge in [-0.05, 0) is 42.9 Å². The number of rotatable bonds is 5. The maximum Gasteiger partial charge on any atom is 0.177 e. The van der Waals surface area contributed by atoms with Crippen LogP contribution in [0.3, 0.4) is 0 Å². The molecule has 1 aliphatic rings. The number of sulfone groups is 2. The molecular formula is C16H25NO4S2. The van der Waals surface area contributed by atoms with E-state index in [0.29, 0.717) is 17.5 Å². The van der Waals surface area contributed by atoms with Crippen LogP contribution in [0, 0.1) is 11.8 Å². The second-order valence-corrected chi connectivity index (χ2v) is 10.8. The van der Waals surface area contributed by atoms with Crippen LogP contribution in [0.2, 0.25) is 0 Å². The molecule has 7 heteroatoms. The third-order valence-electron chi connectivity index (χ3n) is 4.55. The zero-order valence-electron chi connectivity index (χ0n) is 14.0. The van der Waals surface area contributed by atoms with E-state index in [-0.39, 0.29) is 15.8 Å². The van der Waals surface area contributed by atoms with Crippen LogP contribution in [0.1, 0.15) is 33.1 Å². The number of nitrogens with one attached hydrogen (secondary N) is 1. The van der Waals surface area contributed by atoms with Gasteiger partial charge in [-0.25, -0.2) is 16.8 Å². The lowest BCUT2D eigenvalue weighted by atomic mass is 9.91. The van der Waals surface area contributed by atoms with Gasteiger partial charge in [0.15, 0.2) is 19.7 Å². The quantitative estimate of drug-likeness (QED) is 0.874. The van der Waals surface area contributed by atoms with E-state index in [1.54, 1.807) is 6.07 Å². The van der Waals surface area contributed by atoms with Crippen LogP contribution in [0.25, 0.3) is 0 Å². The standard InChI is InChI=1S/C16H25NO4S2/c1-11(2)13-6-5-7-14(13)17-15-9-8-12(22(3,18)19)10-16(15)23(4,20)21/h8-11,13-14,17H,5-7H2,1-4H3/t13-,14+/m0/s1. The van der Waals surface area contributed by atoms with Crippen LogP contribution < -0.4 is 5.32 Å². The summed E-state index contributed by atoms with van der Waals surface area (Å²) in [6, 6.07) is 4.51. The first-order valence-electron chi connectivity index (χ1n) is 7.81. The third kappa shape index (κ3) is 4.26. The Balaban J connectivity index is 2.43. The normalized spacial score (nSPS) is 22.5. The molecule has 1 aromatic rings. The van der Waals surface area contributed by atoms with Crippen molar-refractivity contribution < 1.29 is 16.8 Å². The lowest BCUT2D eigenvalue weighted by Gasteiger charge is -2.26. The highest BCUT2D eigenvalue weighted by atomic mass is 32.2. The second kappa shape index (κ2) is 6.43. The maximum atomic E-state index is 12.1. The minimum atomic E-state index is -3.52. The Kier molecular flexibility index (Phi) is 5.11. The summed E-state index contributed by atoms with van der Waals surface area (Å²) in [4.78, 5) is 0.0742. The number of hydrogen-bond acceptors (Lipinski definition) is 5. The lowest BCUT2D eigenvalue weighted by molar-refractivity contribution is 0.371. The van der Waals surface area contributed by atoms with Crippen LogP contribution >= 0.6 is 0 Å². The molecule has 1 fully saturated rings. The molecule has 130 valence electrons. The Labute approximate surface area is 139 Å². The number of benzene rings is 1. The fourth-order valence-corrected chi connectivity index (χ4v) is 4.91.